The van der Waals surface area contributed by atoms with Crippen LogP contribution in [0.3, 0.4) is 0 Å². The molecule has 0 bridgehead atoms. The minimum Gasteiger partial charge on any atom is -0.200 e. The van der Waals surface area contributed by atoms with Crippen LogP contribution in [-0.4, -0.2) is 23.9 Å². The van der Waals surface area contributed by atoms with Crippen molar-refractivity contribution >= 4 is 0 Å². The van der Waals surface area contributed by atoms with Gasteiger partial charge in [0, 0.05) is 6.42 Å². The molecule has 0 radical (unpaired) electrons. The maximum absolute atomic E-state index is 13.2. The molecule has 0 amide bonds. The van der Waals surface area contributed by atoms with Crippen LogP contribution in [0.5, 0.6) is 0 Å². The van der Waals surface area contributed by atoms with Crippen LogP contribution >= 0.6 is 0 Å². The molecule has 0 nitrogen and oxygen atoms in total. The minimum absolute atomic E-state index is 0.114. The lowest BCUT2D eigenvalue weighted by Gasteiger charge is -2.33. The van der Waals surface area contributed by atoms with Crippen LogP contribution in [-0.2, 0) is 6.42 Å². The van der Waals surface area contributed by atoms with Crippen molar-refractivity contribution in [2.45, 2.75) is 36.8 Å². The number of hydrogen-bond acceptors (Lipinski definition) is 0. The highest BCUT2D eigenvalue weighted by molar-refractivity contribution is 5.15. The van der Waals surface area contributed by atoms with Crippen LogP contribution in [0.4, 0.5) is 39.5 Å². The molecule has 0 aromatic heterocycles. The van der Waals surface area contributed by atoms with Crippen LogP contribution in [0, 0.1) is 0 Å². The Labute approximate surface area is 113 Å². The van der Waals surface area contributed by atoms with E-state index >= 15 is 0 Å². The van der Waals surface area contributed by atoms with Gasteiger partial charge in [-0.3, -0.25) is 0 Å². The van der Waals surface area contributed by atoms with E-state index in [1.54, 1.807) is 0 Å². The average molecular weight is 324 g/mol. The van der Waals surface area contributed by atoms with E-state index in [9.17, 15) is 39.5 Å². The third-order valence-electron chi connectivity index (χ3n) is 2.78. The Hall–Kier alpha value is -1.41. The van der Waals surface area contributed by atoms with Crippen molar-refractivity contribution in [1.82, 2.24) is 0 Å². The van der Waals surface area contributed by atoms with Gasteiger partial charge in [-0.05, 0) is 12.0 Å². The summed E-state index contributed by atoms with van der Waals surface area (Å²) in [4.78, 5) is 0. The normalized spacial score (nSPS) is 14.3. The fourth-order valence-electron chi connectivity index (χ4n) is 1.51. The second-order valence-electron chi connectivity index (χ2n) is 4.34. The van der Waals surface area contributed by atoms with E-state index in [0.717, 1.165) is 0 Å². The quantitative estimate of drug-likeness (QED) is 0.662. The molecule has 0 spiro atoms. The summed E-state index contributed by atoms with van der Waals surface area (Å²) < 4.78 is 113. The van der Waals surface area contributed by atoms with Crippen molar-refractivity contribution < 1.29 is 39.5 Å². The van der Waals surface area contributed by atoms with Gasteiger partial charge >= 0.3 is 23.9 Å². The van der Waals surface area contributed by atoms with Crippen molar-refractivity contribution in [3.63, 3.8) is 0 Å². The molecule has 1 aromatic carbocycles. The number of hydrogen-bond donors (Lipinski definition) is 0. The highest BCUT2D eigenvalue weighted by Gasteiger charge is 2.81. The van der Waals surface area contributed by atoms with Gasteiger partial charge in [0.15, 0.2) is 0 Å². The third kappa shape index (κ3) is 3.26. The van der Waals surface area contributed by atoms with E-state index in [1.165, 1.54) is 30.3 Å². The topological polar surface area (TPSA) is 0 Å². The van der Waals surface area contributed by atoms with Crippen LogP contribution in [0.1, 0.15) is 12.0 Å². The molecule has 0 heterocycles. The molecule has 0 aliphatic rings. The molecule has 0 unspecified atom stereocenters. The van der Waals surface area contributed by atoms with Crippen LogP contribution in [0.15, 0.2) is 30.3 Å². The Bertz CT molecular complexity index is 461. The summed E-state index contributed by atoms with van der Waals surface area (Å²) in [6.45, 7) is 0. The zero-order valence-corrected chi connectivity index (χ0v) is 10.2. The summed E-state index contributed by atoms with van der Waals surface area (Å²) in [6, 6.07) is 6.78. The second kappa shape index (κ2) is 5.42. The van der Waals surface area contributed by atoms with Gasteiger partial charge < -0.3 is 0 Å². The van der Waals surface area contributed by atoms with Crippen molar-refractivity contribution in [2.24, 2.45) is 0 Å². The summed E-state index contributed by atoms with van der Waals surface area (Å²) in [5.41, 5.74) is 0.114. The highest BCUT2D eigenvalue weighted by atomic mass is 19.4. The van der Waals surface area contributed by atoms with Gasteiger partial charge in [0.25, 0.3) is 0 Å². The van der Waals surface area contributed by atoms with Gasteiger partial charge in [-0.2, -0.15) is 39.5 Å². The summed E-state index contributed by atoms with van der Waals surface area (Å²) in [6.07, 6.45) is -9.38. The summed E-state index contributed by atoms with van der Waals surface area (Å²) >= 11 is 0. The molecule has 0 saturated carbocycles. The monoisotopic (exact) mass is 324 g/mol. The molecular weight excluding hydrogens is 315 g/mol. The number of aryl methyl sites for hydroxylation is 1. The predicted octanol–water partition coefficient (Wildman–Crippen LogP) is 5.09. The Kier molecular flexibility index (Phi) is 4.55. The van der Waals surface area contributed by atoms with E-state index in [1.807, 2.05) is 0 Å². The number of benzene rings is 1. The first-order chi connectivity index (χ1) is 9.33. The Morgan fingerprint density at radius 2 is 1.14 bits per heavy atom. The summed E-state index contributed by atoms with van der Waals surface area (Å²) in [5.74, 6) is -18.9. The fourth-order valence-corrected chi connectivity index (χ4v) is 1.51. The number of alkyl halides is 9. The van der Waals surface area contributed by atoms with Gasteiger partial charge in [-0.15, -0.1) is 0 Å². The Morgan fingerprint density at radius 3 is 1.57 bits per heavy atom. The van der Waals surface area contributed by atoms with Gasteiger partial charge in [0.2, 0.25) is 0 Å². The largest absolute Gasteiger partial charge is 0.460 e. The first-order valence-corrected chi connectivity index (χ1v) is 5.57. The molecule has 21 heavy (non-hydrogen) atoms. The second-order valence-corrected chi connectivity index (χ2v) is 4.34. The SMILES string of the molecule is FC(F)(F)C(F)(F)C(F)(F)C(F)(F)CCc1ccccc1. The minimum atomic E-state index is -6.82. The molecule has 120 valence electrons. The Balaban J connectivity index is 2.94. The van der Waals surface area contributed by atoms with Crippen molar-refractivity contribution in [1.29, 1.82) is 0 Å². The zero-order valence-electron chi connectivity index (χ0n) is 10.2. The van der Waals surface area contributed by atoms with Crippen molar-refractivity contribution in [2.75, 3.05) is 0 Å². The third-order valence-corrected chi connectivity index (χ3v) is 2.78. The van der Waals surface area contributed by atoms with Gasteiger partial charge in [0.05, 0.1) is 0 Å². The van der Waals surface area contributed by atoms with Crippen molar-refractivity contribution in [3.8, 4) is 0 Å². The lowest BCUT2D eigenvalue weighted by atomic mass is 9.97. The smallest absolute Gasteiger partial charge is 0.200 e. The molecule has 9 heteroatoms. The fraction of sp³-hybridized carbons (Fsp3) is 0.500. The van der Waals surface area contributed by atoms with E-state index in [0.29, 0.717) is 0 Å². The van der Waals surface area contributed by atoms with Crippen LogP contribution < -0.4 is 0 Å². The highest BCUT2D eigenvalue weighted by Crippen LogP contribution is 2.54. The van der Waals surface area contributed by atoms with Gasteiger partial charge in [-0.1, -0.05) is 30.3 Å². The molecule has 0 fully saturated rings. The summed E-state index contributed by atoms with van der Waals surface area (Å²) in [7, 11) is 0. The summed E-state index contributed by atoms with van der Waals surface area (Å²) in [5, 5.41) is 0. The van der Waals surface area contributed by atoms with Gasteiger partial charge in [0.1, 0.15) is 0 Å². The molecule has 0 aliphatic heterocycles. The number of halogens is 9. The molecule has 0 atom stereocenters. The standard InChI is InChI=1S/C12H9F9/c13-9(14,7-6-8-4-2-1-3-5-8)10(15,16)11(17,18)12(19,20)21/h1-5H,6-7H2. The zero-order chi connectivity index (χ0) is 16.5. The number of rotatable bonds is 5. The maximum Gasteiger partial charge on any atom is 0.460 e. The molecule has 1 aromatic rings. The molecular formula is C12H9F9. The molecule has 0 aliphatic carbocycles. The molecule has 1 rings (SSSR count). The first-order valence-electron chi connectivity index (χ1n) is 5.57. The van der Waals surface area contributed by atoms with E-state index in [4.69, 9.17) is 0 Å². The van der Waals surface area contributed by atoms with E-state index < -0.39 is 36.8 Å². The van der Waals surface area contributed by atoms with Crippen molar-refractivity contribution in [3.05, 3.63) is 35.9 Å². The van der Waals surface area contributed by atoms with Gasteiger partial charge in [-0.25, -0.2) is 0 Å². The van der Waals surface area contributed by atoms with E-state index in [2.05, 4.69) is 0 Å². The predicted molar refractivity (Wildman–Crippen MR) is 55.7 cm³/mol. The van der Waals surface area contributed by atoms with Crippen LogP contribution in [0.2, 0.25) is 0 Å². The first kappa shape index (κ1) is 17.6. The molecule has 0 saturated heterocycles. The van der Waals surface area contributed by atoms with Crippen LogP contribution in [0.25, 0.3) is 0 Å². The lowest BCUT2D eigenvalue weighted by molar-refractivity contribution is -0.396. The lowest BCUT2D eigenvalue weighted by Crippen LogP contribution is -2.60. The maximum atomic E-state index is 13.2. The molecule has 0 N–H and O–H groups in total. The van der Waals surface area contributed by atoms with E-state index in [-0.39, 0.29) is 5.56 Å². The Morgan fingerprint density at radius 1 is 0.667 bits per heavy atom. The average Bonchev–Trinajstić information content (AvgIpc) is 2.36.